The Hall–Kier alpha value is -2.20. The Bertz CT molecular complexity index is 1100. The topological polar surface area (TPSA) is 81.9 Å². The Labute approximate surface area is 193 Å². The summed E-state index contributed by atoms with van der Waals surface area (Å²) in [4.78, 5) is 1.41. The summed E-state index contributed by atoms with van der Waals surface area (Å²) >= 11 is 1.71. The van der Waals surface area contributed by atoms with E-state index < -0.39 is 10.0 Å². The number of ether oxygens (including phenoxy) is 2. The monoisotopic (exact) mass is 476 g/mol. The maximum absolute atomic E-state index is 13.6. The van der Waals surface area contributed by atoms with Crippen LogP contribution < -0.4 is 4.74 Å². The van der Waals surface area contributed by atoms with Gasteiger partial charge in [-0.15, -0.1) is 11.3 Å². The number of rotatable bonds is 10. The van der Waals surface area contributed by atoms with E-state index in [9.17, 15) is 8.42 Å². The summed E-state index contributed by atoms with van der Waals surface area (Å²) in [6.45, 7) is 5.01. The third-order valence-corrected chi connectivity index (χ3v) is 8.44. The van der Waals surface area contributed by atoms with Gasteiger partial charge < -0.3 is 14.0 Å². The molecule has 9 heteroatoms. The maximum atomic E-state index is 13.6. The predicted octanol–water partition coefficient (Wildman–Crippen LogP) is 4.34. The van der Waals surface area contributed by atoms with Gasteiger partial charge in [0.05, 0.1) is 12.7 Å². The first-order chi connectivity index (χ1) is 15.4. The fourth-order valence-electron chi connectivity index (χ4n) is 3.90. The third-order valence-electron chi connectivity index (χ3n) is 5.45. The van der Waals surface area contributed by atoms with Gasteiger partial charge in [-0.25, -0.2) is 8.42 Å². The molecule has 1 aliphatic heterocycles. The van der Waals surface area contributed by atoms with Gasteiger partial charge in [-0.2, -0.15) is 4.31 Å². The molecule has 172 valence electrons. The van der Waals surface area contributed by atoms with Crippen LogP contribution >= 0.6 is 11.3 Å². The van der Waals surface area contributed by atoms with E-state index in [1.54, 1.807) is 25.2 Å². The third kappa shape index (κ3) is 5.40. The second-order valence-electron chi connectivity index (χ2n) is 7.91. The smallest absolute Gasteiger partial charge is 0.248 e. The van der Waals surface area contributed by atoms with E-state index in [4.69, 9.17) is 14.0 Å². The zero-order valence-corrected chi connectivity index (χ0v) is 20.0. The number of sulfonamides is 1. The Morgan fingerprint density at radius 3 is 2.81 bits per heavy atom. The van der Waals surface area contributed by atoms with E-state index in [1.165, 1.54) is 9.18 Å². The molecular formula is C23H28N2O5S2. The van der Waals surface area contributed by atoms with Crippen LogP contribution in [0.2, 0.25) is 0 Å². The summed E-state index contributed by atoms with van der Waals surface area (Å²) in [7, 11) is -3.81. The molecule has 1 fully saturated rings. The van der Waals surface area contributed by atoms with Crippen LogP contribution in [0.1, 0.15) is 34.7 Å². The highest BCUT2D eigenvalue weighted by Crippen LogP contribution is 2.27. The molecule has 0 amide bonds. The molecule has 3 aromatic rings. The minimum absolute atomic E-state index is 0.115. The number of thiophene rings is 1. The van der Waals surface area contributed by atoms with E-state index in [2.05, 4.69) is 16.6 Å². The molecule has 7 nitrogen and oxygen atoms in total. The van der Waals surface area contributed by atoms with Crippen LogP contribution in [-0.2, 0) is 27.7 Å². The Morgan fingerprint density at radius 1 is 1.25 bits per heavy atom. The standard InChI is InChI=1S/C23H28N2O5S2/c1-17-23(18(2)30-24-17)32(26,27)25(16-21-8-4-11-28-21)15-19-6-3-7-20(14-19)29-12-10-22-9-5-13-31-22/h3,5-7,9,13-14,21H,4,8,10-12,15-16H2,1-2H3/t21-/m1/s1. The van der Waals surface area contributed by atoms with Gasteiger partial charge in [-0.1, -0.05) is 23.4 Å². The first-order valence-electron chi connectivity index (χ1n) is 10.7. The van der Waals surface area contributed by atoms with Crippen LogP contribution in [0.5, 0.6) is 5.75 Å². The molecule has 32 heavy (non-hydrogen) atoms. The molecule has 0 N–H and O–H groups in total. The van der Waals surface area contributed by atoms with Crippen molar-refractivity contribution in [2.75, 3.05) is 19.8 Å². The Balaban J connectivity index is 1.51. The highest BCUT2D eigenvalue weighted by Gasteiger charge is 2.33. The number of nitrogens with zero attached hydrogens (tertiary/aromatic N) is 2. The molecule has 0 saturated carbocycles. The quantitative estimate of drug-likeness (QED) is 0.433. The average molecular weight is 477 g/mol. The molecule has 0 bridgehead atoms. The number of aromatic nitrogens is 1. The normalized spacial score (nSPS) is 16.7. The number of benzene rings is 1. The molecular weight excluding hydrogens is 448 g/mol. The molecule has 1 aliphatic rings. The molecule has 0 radical (unpaired) electrons. The molecule has 4 rings (SSSR count). The van der Waals surface area contributed by atoms with Crippen molar-refractivity contribution >= 4 is 21.4 Å². The minimum Gasteiger partial charge on any atom is -0.493 e. The lowest BCUT2D eigenvalue weighted by Crippen LogP contribution is -2.37. The SMILES string of the molecule is Cc1noc(C)c1S(=O)(=O)N(Cc1cccc(OCCc2cccs2)c1)C[C@H]1CCCO1. The molecule has 1 saturated heterocycles. The fraction of sp³-hybridized carbons (Fsp3) is 0.435. The van der Waals surface area contributed by atoms with Crippen molar-refractivity contribution in [2.45, 2.75) is 50.7 Å². The van der Waals surface area contributed by atoms with Gasteiger partial charge in [0.15, 0.2) is 5.76 Å². The van der Waals surface area contributed by atoms with Gasteiger partial charge in [-0.05, 0) is 55.8 Å². The molecule has 1 aromatic carbocycles. The zero-order valence-electron chi connectivity index (χ0n) is 18.3. The first-order valence-corrected chi connectivity index (χ1v) is 13.0. The average Bonchev–Trinajstić information content (AvgIpc) is 3.51. The highest BCUT2D eigenvalue weighted by molar-refractivity contribution is 7.89. The van der Waals surface area contributed by atoms with Gasteiger partial charge in [0, 0.05) is 31.0 Å². The van der Waals surface area contributed by atoms with Crippen LogP contribution in [0.4, 0.5) is 0 Å². The van der Waals surface area contributed by atoms with E-state index in [-0.39, 0.29) is 24.1 Å². The summed E-state index contributed by atoms with van der Waals surface area (Å²) in [5, 5.41) is 5.89. The van der Waals surface area contributed by atoms with Crippen molar-refractivity contribution < 1.29 is 22.4 Å². The van der Waals surface area contributed by atoms with Crippen molar-refractivity contribution in [1.29, 1.82) is 0 Å². The summed E-state index contributed by atoms with van der Waals surface area (Å²) in [6.07, 6.45) is 2.51. The minimum atomic E-state index is -3.81. The van der Waals surface area contributed by atoms with Gasteiger partial charge >= 0.3 is 0 Å². The fourth-order valence-corrected chi connectivity index (χ4v) is 6.34. The summed E-state index contributed by atoms with van der Waals surface area (Å²) < 4.78 is 45.4. The van der Waals surface area contributed by atoms with Gasteiger partial charge in [0.1, 0.15) is 16.3 Å². The second kappa shape index (κ2) is 10.2. The van der Waals surface area contributed by atoms with Crippen molar-refractivity contribution in [1.82, 2.24) is 9.46 Å². The molecule has 1 atom stereocenters. The molecule has 0 aliphatic carbocycles. The van der Waals surface area contributed by atoms with Gasteiger partial charge in [0.2, 0.25) is 10.0 Å². The predicted molar refractivity (Wildman–Crippen MR) is 123 cm³/mol. The largest absolute Gasteiger partial charge is 0.493 e. The van der Waals surface area contributed by atoms with Crippen LogP contribution in [-0.4, -0.2) is 43.7 Å². The second-order valence-corrected chi connectivity index (χ2v) is 10.8. The summed E-state index contributed by atoms with van der Waals surface area (Å²) in [5.41, 5.74) is 1.22. The number of hydrogen-bond donors (Lipinski definition) is 0. The first kappa shape index (κ1) is 23.0. The Kier molecular flexibility index (Phi) is 7.30. The molecule has 3 heterocycles. The van der Waals surface area contributed by atoms with Crippen molar-refractivity contribution in [3.63, 3.8) is 0 Å². The van der Waals surface area contributed by atoms with E-state index in [0.29, 0.717) is 24.7 Å². The van der Waals surface area contributed by atoms with Crippen molar-refractivity contribution in [2.24, 2.45) is 0 Å². The van der Waals surface area contributed by atoms with Gasteiger partial charge in [0.25, 0.3) is 0 Å². The van der Waals surface area contributed by atoms with Gasteiger partial charge in [-0.3, -0.25) is 0 Å². The van der Waals surface area contributed by atoms with Crippen molar-refractivity contribution in [3.05, 3.63) is 63.7 Å². The summed E-state index contributed by atoms with van der Waals surface area (Å²) in [5.74, 6) is 1.02. The number of aryl methyl sites for hydroxylation is 2. The van der Waals surface area contributed by atoms with E-state index >= 15 is 0 Å². The molecule has 0 unspecified atom stereocenters. The highest BCUT2D eigenvalue weighted by atomic mass is 32.2. The lowest BCUT2D eigenvalue weighted by Gasteiger charge is -2.25. The van der Waals surface area contributed by atoms with E-state index in [1.807, 2.05) is 30.3 Å². The number of hydrogen-bond acceptors (Lipinski definition) is 7. The van der Waals surface area contributed by atoms with Crippen LogP contribution in [0, 0.1) is 13.8 Å². The lowest BCUT2D eigenvalue weighted by molar-refractivity contribution is 0.0925. The Morgan fingerprint density at radius 2 is 2.12 bits per heavy atom. The zero-order chi connectivity index (χ0) is 22.6. The molecule has 2 aromatic heterocycles. The maximum Gasteiger partial charge on any atom is 0.248 e. The summed E-state index contributed by atoms with van der Waals surface area (Å²) in [6, 6.07) is 11.7. The lowest BCUT2D eigenvalue weighted by atomic mass is 10.2. The van der Waals surface area contributed by atoms with Crippen molar-refractivity contribution in [3.8, 4) is 5.75 Å². The van der Waals surface area contributed by atoms with Crippen LogP contribution in [0.3, 0.4) is 0 Å². The van der Waals surface area contributed by atoms with Crippen LogP contribution in [0.25, 0.3) is 0 Å². The molecule has 0 spiro atoms. The van der Waals surface area contributed by atoms with Crippen LogP contribution in [0.15, 0.2) is 51.2 Å². The van der Waals surface area contributed by atoms with E-state index in [0.717, 1.165) is 30.6 Å².